The van der Waals surface area contributed by atoms with E-state index in [2.05, 4.69) is 21.3 Å². The molecule has 182 valence electrons. The van der Waals surface area contributed by atoms with Gasteiger partial charge in [0.25, 0.3) is 0 Å². The van der Waals surface area contributed by atoms with Gasteiger partial charge in [-0.1, -0.05) is 23.7 Å². The minimum Gasteiger partial charge on any atom is -0.497 e. The van der Waals surface area contributed by atoms with Crippen molar-refractivity contribution in [2.45, 2.75) is 13.0 Å². The normalized spacial score (nSPS) is 10.7. The second-order valence-electron chi connectivity index (χ2n) is 8.02. The number of halogens is 1. The predicted molar refractivity (Wildman–Crippen MR) is 146 cm³/mol. The number of nitrogens with one attached hydrogen (secondary N) is 2. The highest BCUT2D eigenvalue weighted by atomic mass is 35.5. The zero-order chi connectivity index (χ0) is 24.8. The van der Waals surface area contributed by atoms with E-state index < -0.39 is 0 Å². The molecule has 0 saturated heterocycles. The summed E-state index contributed by atoms with van der Waals surface area (Å²) in [5, 5.41) is 5.65. The average molecular weight is 510 g/mol. The third-order valence-electron chi connectivity index (χ3n) is 5.85. The van der Waals surface area contributed by atoms with Crippen LogP contribution in [0.25, 0.3) is 10.9 Å². The average Bonchev–Trinajstić information content (AvgIpc) is 3.29. The second-order valence-corrected chi connectivity index (χ2v) is 8.84. The van der Waals surface area contributed by atoms with Crippen molar-refractivity contribution in [2.24, 2.45) is 0 Å². The van der Waals surface area contributed by atoms with Crippen molar-refractivity contribution in [3.63, 3.8) is 0 Å². The summed E-state index contributed by atoms with van der Waals surface area (Å²) < 4.78 is 16.2. The number of anilines is 1. The van der Waals surface area contributed by atoms with Gasteiger partial charge in [-0.15, -0.1) is 0 Å². The Morgan fingerprint density at radius 3 is 2.40 bits per heavy atom. The van der Waals surface area contributed by atoms with Gasteiger partial charge in [0, 0.05) is 35.2 Å². The van der Waals surface area contributed by atoms with Gasteiger partial charge in [-0.3, -0.25) is 0 Å². The SMILES string of the molecule is COc1ccc(CN(CCc2c[nH]c3ccc(OC)cc23)C(=S)Nc2cc(Cl)ccc2OC)cc1. The molecule has 0 bridgehead atoms. The molecule has 4 aromatic rings. The van der Waals surface area contributed by atoms with Crippen LogP contribution in [0, 0.1) is 0 Å². The van der Waals surface area contributed by atoms with E-state index in [1.165, 1.54) is 5.56 Å². The number of nitrogens with zero attached hydrogens (tertiary/aromatic N) is 1. The van der Waals surface area contributed by atoms with Gasteiger partial charge in [-0.2, -0.15) is 0 Å². The predicted octanol–water partition coefficient (Wildman–Crippen LogP) is 6.29. The zero-order valence-electron chi connectivity index (χ0n) is 19.9. The lowest BCUT2D eigenvalue weighted by atomic mass is 10.1. The van der Waals surface area contributed by atoms with Crippen molar-refractivity contribution in [3.05, 3.63) is 83.0 Å². The van der Waals surface area contributed by atoms with Gasteiger partial charge in [-0.05, 0) is 78.3 Å². The van der Waals surface area contributed by atoms with Gasteiger partial charge in [0.1, 0.15) is 17.2 Å². The number of methoxy groups -OCH3 is 3. The highest BCUT2D eigenvalue weighted by molar-refractivity contribution is 7.80. The van der Waals surface area contributed by atoms with Crippen LogP contribution in [0.2, 0.25) is 5.02 Å². The Morgan fingerprint density at radius 2 is 1.69 bits per heavy atom. The Kier molecular flexibility index (Phi) is 8.00. The molecule has 6 nitrogen and oxygen atoms in total. The van der Waals surface area contributed by atoms with Gasteiger partial charge in [-0.25, -0.2) is 0 Å². The number of aromatic amines is 1. The lowest BCUT2D eigenvalue weighted by molar-refractivity contribution is 0.410. The molecular formula is C27H28ClN3O3S. The van der Waals surface area contributed by atoms with E-state index in [1.54, 1.807) is 27.4 Å². The number of rotatable bonds is 9. The minimum absolute atomic E-state index is 0.582. The summed E-state index contributed by atoms with van der Waals surface area (Å²) in [4.78, 5) is 5.48. The van der Waals surface area contributed by atoms with Crippen molar-refractivity contribution < 1.29 is 14.2 Å². The molecule has 0 aliphatic carbocycles. The highest BCUT2D eigenvalue weighted by Crippen LogP contribution is 2.29. The number of aromatic nitrogens is 1. The number of H-pyrrole nitrogens is 1. The Hall–Kier alpha value is -3.42. The van der Waals surface area contributed by atoms with Crippen LogP contribution in [0.15, 0.2) is 66.9 Å². The number of benzene rings is 3. The van der Waals surface area contributed by atoms with Gasteiger partial charge >= 0.3 is 0 Å². The number of fused-ring (bicyclic) bond motifs is 1. The third kappa shape index (κ3) is 5.99. The summed E-state index contributed by atoms with van der Waals surface area (Å²) >= 11 is 12.1. The first-order chi connectivity index (χ1) is 17.0. The molecule has 0 aliphatic heterocycles. The summed E-state index contributed by atoms with van der Waals surface area (Å²) in [6.45, 7) is 1.33. The van der Waals surface area contributed by atoms with Gasteiger partial charge < -0.3 is 29.4 Å². The second kappa shape index (κ2) is 11.3. The lowest BCUT2D eigenvalue weighted by Gasteiger charge is -2.27. The molecular weight excluding hydrogens is 482 g/mol. The maximum atomic E-state index is 6.23. The zero-order valence-corrected chi connectivity index (χ0v) is 21.5. The maximum absolute atomic E-state index is 6.23. The first-order valence-electron chi connectivity index (χ1n) is 11.2. The van der Waals surface area contributed by atoms with Crippen molar-refractivity contribution in [2.75, 3.05) is 33.2 Å². The number of thiocarbonyl (C=S) groups is 1. The number of hydrogen-bond acceptors (Lipinski definition) is 4. The van der Waals surface area contributed by atoms with E-state index in [0.717, 1.165) is 40.1 Å². The van der Waals surface area contributed by atoms with E-state index in [9.17, 15) is 0 Å². The summed E-state index contributed by atoms with van der Waals surface area (Å²) in [5.41, 5.74) is 4.11. The summed E-state index contributed by atoms with van der Waals surface area (Å²) in [5.74, 6) is 2.32. The van der Waals surface area contributed by atoms with Crippen molar-refractivity contribution >= 4 is 45.5 Å². The van der Waals surface area contributed by atoms with Gasteiger partial charge in [0.15, 0.2) is 5.11 Å². The molecule has 1 heterocycles. The molecule has 0 atom stereocenters. The topological polar surface area (TPSA) is 58.8 Å². The van der Waals surface area contributed by atoms with E-state index in [4.69, 9.17) is 38.0 Å². The summed E-state index contributed by atoms with van der Waals surface area (Å²) in [7, 11) is 4.96. The fraction of sp³-hybridized carbons (Fsp3) is 0.222. The van der Waals surface area contributed by atoms with Crippen LogP contribution in [0.5, 0.6) is 17.2 Å². The quantitative estimate of drug-likeness (QED) is 0.259. The van der Waals surface area contributed by atoms with E-state index >= 15 is 0 Å². The molecule has 0 unspecified atom stereocenters. The molecule has 1 aromatic heterocycles. The first-order valence-corrected chi connectivity index (χ1v) is 12.0. The third-order valence-corrected chi connectivity index (χ3v) is 6.44. The van der Waals surface area contributed by atoms with E-state index in [0.29, 0.717) is 29.0 Å². The molecule has 3 aromatic carbocycles. The molecule has 0 saturated carbocycles. The Morgan fingerprint density at radius 1 is 0.943 bits per heavy atom. The van der Waals surface area contributed by atoms with Crippen LogP contribution in [-0.4, -0.2) is 42.9 Å². The standard InChI is InChI=1S/C27H28ClN3O3S/c1-32-21-7-4-18(5-8-21)17-31(27(35)30-25-14-20(28)6-11-26(25)34-3)13-12-19-16-29-24-10-9-22(33-2)15-23(19)24/h4-11,14-16,29H,12-13,17H2,1-3H3,(H,30,35). The van der Waals surface area contributed by atoms with Gasteiger partial charge in [0.2, 0.25) is 0 Å². The van der Waals surface area contributed by atoms with Crippen LogP contribution in [0.1, 0.15) is 11.1 Å². The maximum Gasteiger partial charge on any atom is 0.173 e. The number of ether oxygens (including phenoxy) is 3. The van der Waals surface area contributed by atoms with Crippen molar-refractivity contribution in [3.8, 4) is 17.2 Å². The fourth-order valence-corrected chi connectivity index (χ4v) is 4.36. The van der Waals surface area contributed by atoms with Crippen LogP contribution >= 0.6 is 23.8 Å². The minimum atomic E-state index is 0.582. The molecule has 2 N–H and O–H groups in total. The molecule has 35 heavy (non-hydrogen) atoms. The van der Waals surface area contributed by atoms with Crippen LogP contribution in [-0.2, 0) is 13.0 Å². The molecule has 0 aliphatic rings. The van der Waals surface area contributed by atoms with Crippen molar-refractivity contribution in [1.29, 1.82) is 0 Å². The van der Waals surface area contributed by atoms with Crippen molar-refractivity contribution in [1.82, 2.24) is 9.88 Å². The molecule has 0 fully saturated rings. The Bertz CT molecular complexity index is 1310. The van der Waals surface area contributed by atoms with E-state index in [1.807, 2.05) is 54.7 Å². The summed E-state index contributed by atoms with van der Waals surface area (Å²) in [6, 6.07) is 19.5. The molecule has 0 radical (unpaired) electrons. The van der Waals surface area contributed by atoms with Crippen LogP contribution < -0.4 is 19.5 Å². The molecule has 0 amide bonds. The number of hydrogen-bond donors (Lipinski definition) is 2. The Labute approximate surface area is 215 Å². The largest absolute Gasteiger partial charge is 0.497 e. The molecule has 4 rings (SSSR count). The van der Waals surface area contributed by atoms with Crippen LogP contribution in [0.3, 0.4) is 0 Å². The van der Waals surface area contributed by atoms with Gasteiger partial charge in [0.05, 0.1) is 27.0 Å². The van der Waals surface area contributed by atoms with E-state index in [-0.39, 0.29) is 0 Å². The summed E-state index contributed by atoms with van der Waals surface area (Å²) in [6.07, 6.45) is 2.84. The fourth-order valence-electron chi connectivity index (χ4n) is 3.92. The van der Waals surface area contributed by atoms with Crippen LogP contribution in [0.4, 0.5) is 5.69 Å². The highest BCUT2D eigenvalue weighted by Gasteiger charge is 2.15. The molecule has 0 spiro atoms. The smallest absolute Gasteiger partial charge is 0.173 e. The monoisotopic (exact) mass is 509 g/mol. The lowest BCUT2D eigenvalue weighted by Crippen LogP contribution is -2.36. The Balaban J connectivity index is 1.57. The first kappa shape index (κ1) is 24.7. The molecule has 8 heteroatoms.